The smallest absolute Gasteiger partial charge is 0.199 e. The molecule has 0 spiro atoms. The Hall–Kier alpha value is -1.55. The predicted octanol–water partition coefficient (Wildman–Crippen LogP) is 2.88. The molecule has 0 radical (unpaired) electrons. The molecule has 17 heavy (non-hydrogen) atoms. The topological polar surface area (TPSA) is 51.6 Å². The van der Waals surface area contributed by atoms with Gasteiger partial charge in [0.25, 0.3) is 0 Å². The number of rotatable bonds is 1. The molecule has 0 aliphatic carbocycles. The van der Waals surface area contributed by atoms with E-state index in [0.717, 1.165) is 5.69 Å². The Kier molecular flexibility index (Phi) is 3.07. The molecule has 5 heteroatoms. The quantitative estimate of drug-likeness (QED) is 0.728. The third kappa shape index (κ3) is 2.77. The summed E-state index contributed by atoms with van der Waals surface area (Å²) in [5, 5.41) is 0.410. The van der Waals surface area contributed by atoms with E-state index in [2.05, 4.69) is 40.7 Å². The lowest BCUT2D eigenvalue weighted by molar-refractivity contribution is 0.567. The Labute approximate surface area is 105 Å². The van der Waals surface area contributed by atoms with Gasteiger partial charge in [0.05, 0.1) is 5.69 Å². The number of halogens is 1. The lowest BCUT2D eigenvalue weighted by Crippen LogP contribution is -2.14. The highest BCUT2D eigenvalue weighted by Crippen LogP contribution is 2.24. The average molecular weight is 249 g/mol. The fourth-order valence-electron chi connectivity index (χ4n) is 1.32. The molecule has 0 amide bonds. The van der Waals surface area contributed by atoms with E-state index in [1.807, 2.05) is 0 Å². The third-order valence-electron chi connectivity index (χ3n) is 2.23. The Morgan fingerprint density at radius 2 is 1.65 bits per heavy atom. The number of aromatic nitrogens is 4. The molecule has 0 atom stereocenters. The maximum atomic E-state index is 6.00. The fourth-order valence-corrected chi connectivity index (χ4v) is 1.50. The Morgan fingerprint density at radius 1 is 1.00 bits per heavy atom. The summed E-state index contributed by atoms with van der Waals surface area (Å²) in [4.78, 5) is 16.8. The molecule has 4 nitrogen and oxygen atoms in total. The van der Waals surface area contributed by atoms with Crippen LogP contribution in [0.4, 0.5) is 0 Å². The normalized spacial score (nSPS) is 11.5. The highest BCUT2D eigenvalue weighted by molar-refractivity contribution is 6.29. The molecule has 0 saturated heterocycles. The van der Waals surface area contributed by atoms with Gasteiger partial charge in [-0.2, -0.15) is 0 Å². The van der Waals surface area contributed by atoms with Gasteiger partial charge in [-0.25, -0.2) is 19.9 Å². The summed E-state index contributed by atoms with van der Waals surface area (Å²) in [6, 6.07) is 3.52. The molecular weight excluding hydrogens is 236 g/mol. The van der Waals surface area contributed by atoms with Crippen molar-refractivity contribution in [3.8, 4) is 11.6 Å². The molecule has 2 rings (SSSR count). The molecule has 2 heterocycles. The van der Waals surface area contributed by atoms with Crippen LogP contribution < -0.4 is 0 Å². The van der Waals surface area contributed by atoms with Crippen molar-refractivity contribution < 1.29 is 0 Å². The zero-order chi connectivity index (χ0) is 12.5. The Bertz CT molecular complexity index is 520. The summed E-state index contributed by atoms with van der Waals surface area (Å²) in [6.07, 6.45) is 3.31. The van der Waals surface area contributed by atoms with E-state index < -0.39 is 0 Å². The van der Waals surface area contributed by atoms with Crippen molar-refractivity contribution in [2.75, 3.05) is 0 Å². The van der Waals surface area contributed by atoms with Gasteiger partial charge in [-0.3, -0.25) is 0 Å². The summed E-state index contributed by atoms with van der Waals surface area (Å²) >= 11 is 6.00. The summed E-state index contributed by atoms with van der Waals surface area (Å²) in [6.45, 7) is 6.21. The van der Waals surface area contributed by atoms with Gasteiger partial charge in [0.1, 0.15) is 5.15 Å². The molecule has 0 bridgehead atoms. The number of hydrogen-bond donors (Lipinski definition) is 0. The van der Waals surface area contributed by atoms with Crippen LogP contribution in [0.3, 0.4) is 0 Å². The van der Waals surface area contributed by atoms with E-state index in [1.54, 1.807) is 24.5 Å². The van der Waals surface area contributed by atoms with Gasteiger partial charge in [0, 0.05) is 17.8 Å². The van der Waals surface area contributed by atoms with Crippen molar-refractivity contribution in [1.82, 2.24) is 19.9 Å². The van der Waals surface area contributed by atoms with Crippen molar-refractivity contribution in [2.24, 2.45) is 0 Å². The lowest BCUT2D eigenvalue weighted by atomic mass is 9.92. The van der Waals surface area contributed by atoms with Crippen LogP contribution in [-0.4, -0.2) is 19.9 Å². The van der Waals surface area contributed by atoms with E-state index in [-0.39, 0.29) is 5.41 Å². The van der Waals surface area contributed by atoms with Gasteiger partial charge in [-0.15, -0.1) is 0 Å². The van der Waals surface area contributed by atoms with Crippen LogP contribution in [0.5, 0.6) is 0 Å². The maximum Gasteiger partial charge on any atom is 0.199 e. The molecule has 0 aliphatic rings. The molecule has 0 fully saturated rings. The molecule has 0 aliphatic heterocycles. The molecule has 0 saturated carbocycles. The van der Waals surface area contributed by atoms with Crippen LogP contribution in [-0.2, 0) is 5.41 Å². The Morgan fingerprint density at radius 3 is 2.24 bits per heavy atom. The van der Waals surface area contributed by atoms with E-state index in [0.29, 0.717) is 16.8 Å². The average Bonchev–Trinajstić information content (AvgIpc) is 2.28. The molecule has 0 unspecified atom stereocenters. The largest absolute Gasteiger partial charge is 0.234 e. The maximum absolute atomic E-state index is 6.00. The summed E-state index contributed by atoms with van der Waals surface area (Å²) in [7, 11) is 0. The van der Waals surface area contributed by atoms with Gasteiger partial charge in [0.15, 0.2) is 11.6 Å². The first-order valence-corrected chi connectivity index (χ1v) is 5.67. The van der Waals surface area contributed by atoms with Crippen molar-refractivity contribution in [2.45, 2.75) is 26.2 Å². The van der Waals surface area contributed by atoms with Crippen molar-refractivity contribution in [3.05, 3.63) is 35.4 Å². The minimum absolute atomic E-state index is 0.0872. The fraction of sp³-hybridized carbons (Fsp3) is 0.333. The van der Waals surface area contributed by atoms with E-state index in [4.69, 9.17) is 11.6 Å². The highest BCUT2D eigenvalue weighted by Gasteiger charge is 2.18. The zero-order valence-corrected chi connectivity index (χ0v) is 10.7. The summed E-state index contributed by atoms with van der Waals surface area (Å²) in [5.74, 6) is 0.948. The van der Waals surface area contributed by atoms with E-state index >= 15 is 0 Å². The highest BCUT2D eigenvalue weighted by atomic mass is 35.5. The molecule has 2 aromatic rings. The Balaban J connectivity index is 2.54. The first-order chi connectivity index (χ1) is 7.97. The van der Waals surface area contributed by atoms with Gasteiger partial charge in [-0.05, 0) is 12.1 Å². The van der Waals surface area contributed by atoms with E-state index in [9.17, 15) is 0 Å². The van der Waals surface area contributed by atoms with Gasteiger partial charge in [0.2, 0.25) is 0 Å². The summed E-state index contributed by atoms with van der Waals surface area (Å²) in [5.41, 5.74) is 0.788. The number of nitrogens with zero attached hydrogens (tertiary/aromatic N) is 4. The van der Waals surface area contributed by atoms with Crippen molar-refractivity contribution >= 4 is 11.6 Å². The molecule has 0 N–H and O–H groups in total. The number of hydrogen-bond acceptors (Lipinski definition) is 4. The molecule has 0 aromatic carbocycles. The first kappa shape index (κ1) is 11.9. The van der Waals surface area contributed by atoms with Crippen LogP contribution in [0.1, 0.15) is 26.5 Å². The van der Waals surface area contributed by atoms with Crippen LogP contribution in [0.2, 0.25) is 5.15 Å². The minimum Gasteiger partial charge on any atom is -0.234 e. The van der Waals surface area contributed by atoms with E-state index in [1.165, 1.54) is 0 Å². The second kappa shape index (κ2) is 4.37. The predicted molar refractivity (Wildman–Crippen MR) is 66.8 cm³/mol. The minimum atomic E-state index is -0.0872. The van der Waals surface area contributed by atoms with Crippen molar-refractivity contribution in [3.63, 3.8) is 0 Å². The molecule has 88 valence electrons. The summed E-state index contributed by atoms with van der Waals surface area (Å²) < 4.78 is 0. The zero-order valence-electron chi connectivity index (χ0n) is 9.98. The van der Waals surface area contributed by atoms with Crippen LogP contribution in [0, 0.1) is 0 Å². The SMILES string of the molecule is CC(C)(C)c1cc(Cl)nc(-c2ncccn2)n1. The lowest BCUT2D eigenvalue weighted by Gasteiger charge is -2.18. The van der Waals surface area contributed by atoms with Gasteiger partial charge >= 0.3 is 0 Å². The second-order valence-electron chi connectivity index (χ2n) is 4.72. The van der Waals surface area contributed by atoms with Gasteiger partial charge < -0.3 is 0 Å². The third-order valence-corrected chi connectivity index (χ3v) is 2.42. The molecule has 2 aromatic heterocycles. The van der Waals surface area contributed by atoms with Crippen LogP contribution >= 0.6 is 11.6 Å². The first-order valence-electron chi connectivity index (χ1n) is 5.29. The monoisotopic (exact) mass is 248 g/mol. The van der Waals surface area contributed by atoms with Crippen LogP contribution in [0.15, 0.2) is 24.5 Å². The second-order valence-corrected chi connectivity index (χ2v) is 5.11. The van der Waals surface area contributed by atoms with Gasteiger partial charge in [-0.1, -0.05) is 32.4 Å². The standard InChI is InChI=1S/C12H13ClN4/c1-12(2,3)8-7-9(13)17-11(16-8)10-14-5-4-6-15-10/h4-7H,1-3H3. The van der Waals surface area contributed by atoms with Crippen LogP contribution in [0.25, 0.3) is 11.6 Å². The van der Waals surface area contributed by atoms with Crippen molar-refractivity contribution in [1.29, 1.82) is 0 Å². The molecular formula is C12H13ClN4.